The first kappa shape index (κ1) is 11.1. The number of fused-ring (bicyclic) bond motifs is 1. The molecule has 17 heavy (non-hydrogen) atoms. The quantitative estimate of drug-likeness (QED) is 0.783. The Morgan fingerprint density at radius 2 is 2.00 bits per heavy atom. The number of para-hydroxylation sites is 1. The van der Waals surface area contributed by atoms with Crippen LogP contribution in [0.25, 0.3) is 10.9 Å². The lowest BCUT2D eigenvalue weighted by atomic mass is 10.2. The van der Waals surface area contributed by atoms with E-state index in [1.54, 1.807) is 24.3 Å². The average Bonchev–Trinajstić information content (AvgIpc) is 2.28. The van der Waals surface area contributed by atoms with Gasteiger partial charge in [0.1, 0.15) is 6.04 Å². The largest absolute Gasteiger partial charge is 0.480 e. The molecule has 88 valence electrons. The molecule has 1 aromatic heterocycles. The van der Waals surface area contributed by atoms with Crippen molar-refractivity contribution in [1.29, 1.82) is 0 Å². The summed E-state index contributed by atoms with van der Waals surface area (Å²) in [4.78, 5) is 36.9. The maximum Gasteiger partial charge on any atom is 0.329 e. The molecule has 0 aliphatic rings. The number of nitrogens with one attached hydrogen (secondary N) is 1. The molecular formula is C11H10N2O4. The first-order valence-electron chi connectivity index (χ1n) is 4.98. The second-order valence-electron chi connectivity index (χ2n) is 3.67. The number of carboxylic acid groups (broad SMARTS) is 1. The number of H-pyrrole nitrogens is 1. The van der Waals surface area contributed by atoms with E-state index in [0.29, 0.717) is 15.5 Å². The van der Waals surface area contributed by atoms with Crippen LogP contribution in [0.2, 0.25) is 0 Å². The summed E-state index contributed by atoms with van der Waals surface area (Å²) in [5.74, 6) is -1.23. The highest BCUT2D eigenvalue weighted by Gasteiger charge is 2.18. The summed E-state index contributed by atoms with van der Waals surface area (Å²) in [5.41, 5.74) is -0.917. The van der Waals surface area contributed by atoms with Crippen molar-refractivity contribution in [2.75, 3.05) is 0 Å². The minimum atomic E-state index is -1.23. The lowest BCUT2D eigenvalue weighted by molar-refractivity contribution is -0.140. The van der Waals surface area contributed by atoms with Gasteiger partial charge in [0.2, 0.25) is 0 Å². The predicted octanol–water partition coefficient (Wildman–Crippen LogP) is 0.335. The molecule has 0 amide bonds. The van der Waals surface area contributed by atoms with Crippen LogP contribution in [-0.2, 0) is 4.79 Å². The summed E-state index contributed by atoms with van der Waals surface area (Å²) in [7, 11) is 0. The Bertz CT molecular complexity index is 698. The molecule has 0 aliphatic carbocycles. The Labute approximate surface area is 95.1 Å². The maximum absolute atomic E-state index is 12.0. The van der Waals surface area contributed by atoms with Gasteiger partial charge >= 0.3 is 11.7 Å². The smallest absolute Gasteiger partial charge is 0.329 e. The number of aromatic nitrogens is 2. The second-order valence-corrected chi connectivity index (χ2v) is 3.67. The maximum atomic E-state index is 12.0. The monoisotopic (exact) mass is 234 g/mol. The van der Waals surface area contributed by atoms with Crippen molar-refractivity contribution in [3.63, 3.8) is 0 Å². The summed E-state index contributed by atoms with van der Waals surface area (Å²) in [5, 5.41) is 9.14. The van der Waals surface area contributed by atoms with E-state index in [4.69, 9.17) is 5.11 Å². The third-order valence-electron chi connectivity index (χ3n) is 2.58. The normalized spacial score (nSPS) is 12.5. The number of nitrogens with zero attached hydrogens (tertiary/aromatic N) is 1. The number of hydrogen-bond donors (Lipinski definition) is 2. The fourth-order valence-electron chi connectivity index (χ4n) is 1.64. The summed E-state index contributed by atoms with van der Waals surface area (Å²) in [6.07, 6.45) is 0. The fraction of sp³-hybridized carbons (Fsp3) is 0.182. The topological polar surface area (TPSA) is 92.2 Å². The van der Waals surface area contributed by atoms with Gasteiger partial charge in [0, 0.05) is 0 Å². The zero-order valence-corrected chi connectivity index (χ0v) is 9.01. The molecule has 0 bridgehead atoms. The van der Waals surface area contributed by atoms with E-state index < -0.39 is 23.3 Å². The number of aliphatic carboxylic acids is 1. The third-order valence-corrected chi connectivity index (χ3v) is 2.58. The van der Waals surface area contributed by atoms with Gasteiger partial charge in [0.15, 0.2) is 0 Å². The molecule has 1 aromatic carbocycles. The first-order chi connectivity index (χ1) is 8.02. The molecule has 0 radical (unpaired) electrons. The molecule has 0 aliphatic heterocycles. The van der Waals surface area contributed by atoms with Crippen molar-refractivity contribution in [3.8, 4) is 0 Å². The van der Waals surface area contributed by atoms with Gasteiger partial charge < -0.3 is 10.1 Å². The number of carbonyl (C=O) groups is 1. The lowest BCUT2D eigenvalue weighted by Crippen LogP contribution is -2.39. The van der Waals surface area contributed by atoms with Crippen LogP contribution >= 0.6 is 0 Å². The Morgan fingerprint density at radius 1 is 1.35 bits per heavy atom. The van der Waals surface area contributed by atoms with Crippen LogP contribution in [-0.4, -0.2) is 20.6 Å². The first-order valence-corrected chi connectivity index (χ1v) is 4.98. The predicted molar refractivity (Wildman–Crippen MR) is 61.2 cm³/mol. The highest BCUT2D eigenvalue weighted by molar-refractivity contribution is 5.78. The van der Waals surface area contributed by atoms with Gasteiger partial charge in [-0.1, -0.05) is 12.1 Å². The number of aromatic amines is 1. The van der Waals surface area contributed by atoms with E-state index in [0.717, 1.165) is 0 Å². The van der Waals surface area contributed by atoms with Gasteiger partial charge in [-0.2, -0.15) is 0 Å². The summed E-state index contributed by atoms with van der Waals surface area (Å²) >= 11 is 0. The average molecular weight is 234 g/mol. The number of benzene rings is 1. The van der Waals surface area contributed by atoms with Crippen molar-refractivity contribution >= 4 is 16.9 Å². The minimum absolute atomic E-state index is 0.292. The Kier molecular flexibility index (Phi) is 2.55. The minimum Gasteiger partial charge on any atom is -0.480 e. The van der Waals surface area contributed by atoms with Crippen molar-refractivity contribution in [3.05, 3.63) is 45.1 Å². The van der Waals surface area contributed by atoms with Gasteiger partial charge in [-0.25, -0.2) is 14.2 Å². The molecular weight excluding hydrogens is 224 g/mol. The van der Waals surface area contributed by atoms with Crippen LogP contribution in [0.5, 0.6) is 0 Å². The molecule has 1 heterocycles. The molecule has 0 saturated heterocycles. The second kappa shape index (κ2) is 3.89. The molecule has 0 spiro atoms. The molecule has 6 nitrogen and oxygen atoms in total. The van der Waals surface area contributed by atoms with Gasteiger partial charge in [-0.05, 0) is 19.1 Å². The van der Waals surface area contributed by atoms with E-state index in [9.17, 15) is 14.4 Å². The Balaban J connectivity index is 2.86. The van der Waals surface area contributed by atoms with Crippen molar-refractivity contribution < 1.29 is 9.90 Å². The number of hydrogen-bond acceptors (Lipinski definition) is 3. The number of rotatable bonds is 2. The lowest BCUT2D eigenvalue weighted by Gasteiger charge is -2.09. The van der Waals surface area contributed by atoms with Crippen LogP contribution in [0.15, 0.2) is 33.9 Å². The van der Waals surface area contributed by atoms with Gasteiger partial charge in [0.25, 0.3) is 5.56 Å². The Hall–Kier alpha value is -2.37. The van der Waals surface area contributed by atoms with Crippen molar-refractivity contribution in [2.45, 2.75) is 13.0 Å². The molecule has 6 heteroatoms. The van der Waals surface area contributed by atoms with Gasteiger partial charge in [0.05, 0.1) is 10.9 Å². The van der Waals surface area contributed by atoms with Crippen LogP contribution in [0.4, 0.5) is 0 Å². The zero-order valence-electron chi connectivity index (χ0n) is 9.01. The van der Waals surface area contributed by atoms with E-state index in [1.807, 2.05) is 0 Å². The summed E-state index contributed by atoms with van der Waals surface area (Å²) < 4.78 is 0.699. The van der Waals surface area contributed by atoms with E-state index in [2.05, 4.69) is 4.98 Å². The van der Waals surface area contributed by atoms with E-state index >= 15 is 0 Å². The van der Waals surface area contributed by atoms with E-state index in [-0.39, 0.29) is 0 Å². The standard InChI is InChI=1S/C11H10N2O4/c1-6(10(15)16)13-9(14)7-4-2-3-5-8(7)12-11(13)17/h2-6H,1H3,(H,12,17)(H,15,16). The van der Waals surface area contributed by atoms with E-state index in [1.165, 1.54) is 6.92 Å². The van der Waals surface area contributed by atoms with Gasteiger partial charge in [-0.15, -0.1) is 0 Å². The molecule has 0 saturated carbocycles. The van der Waals surface area contributed by atoms with Gasteiger partial charge in [-0.3, -0.25) is 4.79 Å². The van der Waals surface area contributed by atoms with Crippen LogP contribution in [0.3, 0.4) is 0 Å². The third kappa shape index (κ3) is 1.73. The Morgan fingerprint density at radius 3 is 2.65 bits per heavy atom. The molecule has 2 aromatic rings. The van der Waals surface area contributed by atoms with Crippen molar-refractivity contribution in [1.82, 2.24) is 9.55 Å². The van der Waals surface area contributed by atoms with Crippen LogP contribution in [0, 0.1) is 0 Å². The van der Waals surface area contributed by atoms with Crippen LogP contribution in [0.1, 0.15) is 13.0 Å². The SMILES string of the molecule is CC(C(=O)O)n1c(=O)[nH]c2ccccc2c1=O. The zero-order chi connectivity index (χ0) is 12.6. The molecule has 1 atom stereocenters. The number of carboxylic acids is 1. The molecule has 1 unspecified atom stereocenters. The molecule has 2 N–H and O–H groups in total. The highest BCUT2D eigenvalue weighted by Crippen LogP contribution is 2.05. The summed E-state index contributed by atoms with van der Waals surface area (Å²) in [6, 6.07) is 5.27. The molecule has 0 fully saturated rings. The van der Waals surface area contributed by atoms with Crippen LogP contribution < -0.4 is 11.2 Å². The summed E-state index contributed by atoms with van der Waals surface area (Å²) in [6.45, 7) is 1.29. The fourth-order valence-corrected chi connectivity index (χ4v) is 1.64. The highest BCUT2D eigenvalue weighted by atomic mass is 16.4. The van der Waals surface area contributed by atoms with Crippen molar-refractivity contribution in [2.24, 2.45) is 0 Å². The molecule has 2 rings (SSSR count).